The van der Waals surface area contributed by atoms with Crippen molar-refractivity contribution in [3.8, 4) is 0 Å². The normalized spacial score (nSPS) is 15.8. The van der Waals surface area contributed by atoms with E-state index in [1.165, 1.54) is 24.3 Å². The lowest BCUT2D eigenvalue weighted by Gasteiger charge is -2.20. The second kappa shape index (κ2) is 10.00. The lowest BCUT2D eigenvalue weighted by molar-refractivity contribution is -0.137. The van der Waals surface area contributed by atoms with Gasteiger partial charge in [-0.05, 0) is 68.1 Å². The number of nitrogens with zero attached hydrogens (tertiary/aromatic N) is 3. The molecule has 1 unspecified atom stereocenters. The molecule has 1 aliphatic rings. The fourth-order valence-corrected chi connectivity index (χ4v) is 5.27. The molecule has 11 heteroatoms. The minimum Gasteiger partial charge on any atom is -0.476 e. The van der Waals surface area contributed by atoms with Gasteiger partial charge in [0, 0.05) is 18.0 Å². The first-order chi connectivity index (χ1) is 18.4. The summed E-state index contributed by atoms with van der Waals surface area (Å²) in [5.41, 5.74) is 1.93. The summed E-state index contributed by atoms with van der Waals surface area (Å²) in [5.74, 6) is -0.791. The summed E-state index contributed by atoms with van der Waals surface area (Å²) < 4.78 is 40.6. The molecule has 2 atom stereocenters. The third-order valence-corrected chi connectivity index (χ3v) is 7.20. The molecular formula is C28H24ClF3N4O3. The van der Waals surface area contributed by atoms with Crippen LogP contribution in [0.15, 0.2) is 53.3 Å². The molecule has 3 heterocycles. The molecule has 5 rings (SSSR count). The Labute approximate surface area is 226 Å². The Hall–Kier alpha value is -3.92. The maximum atomic E-state index is 13.5. The van der Waals surface area contributed by atoms with Crippen molar-refractivity contribution >= 4 is 34.2 Å². The molecule has 0 saturated carbocycles. The quantitative estimate of drug-likeness (QED) is 0.268. The molecule has 0 aliphatic carbocycles. The fourth-order valence-electron chi connectivity index (χ4n) is 5.12. The maximum absolute atomic E-state index is 13.5. The molecule has 4 aromatic rings. The van der Waals surface area contributed by atoms with Crippen LogP contribution in [0, 0.1) is 6.92 Å². The second-order valence-electron chi connectivity index (χ2n) is 9.76. The van der Waals surface area contributed by atoms with E-state index in [1.807, 2.05) is 19.9 Å². The summed E-state index contributed by atoms with van der Waals surface area (Å²) in [6.45, 7) is 4.17. The van der Waals surface area contributed by atoms with Crippen molar-refractivity contribution in [1.82, 2.24) is 14.5 Å². The van der Waals surface area contributed by atoms with Crippen LogP contribution >= 0.6 is 11.6 Å². The molecule has 202 valence electrons. The van der Waals surface area contributed by atoms with Crippen LogP contribution in [-0.2, 0) is 19.1 Å². The number of fused-ring (bicyclic) bond motifs is 2. The van der Waals surface area contributed by atoms with Crippen molar-refractivity contribution in [1.29, 1.82) is 0 Å². The molecular weight excluding hydrogens is 533 g/mol. The number of hydrogen-bond acceptors (Lipinski definition) is 5. The third kappa shape index (κ3) is 5.21. The fraction of sp³-hybridized carbons (Fsp3) is 0.286. The summed E-state index contributed by atoms with van der Waals surface area (Å²) in [6, 6.07) is 11.3. The van der Waals surface area contributed by atoms with E-state index in [-0.39, 0.29) is 28.0 Å². The van der Waals surface area contributed by atoms with Gasteiger partial charge in [-0.2, -0.15) is 13.2 Å². The average Bonchev–Trinajstić information content (AvgIpc) is 3.27. The molecule has 1 aliphatic heterocycles. The summed E-state index contributed by atoms with van der Waals surface area (Å²) in [6.07, 6.45) is -3.32. The number of anilines is 1. The number of alkyl halides is 3. The van der Waals surface area contributed by atoms with E-state index in [4.69, 9.17) is 16.6 Å². The highest BCUT2D eigenvalue weighted by Crippen LogP contribution is 2.34. The minimum atomic E-state index is -4.40. The molecule has 0 fully saturated rings. The Morgan fingerprint density at radius 2 is 1.90 bits per heavy atom. The van der Waals surface area contributed by atoms with Gasteiger partial charge in [0.15, 0.2) is 5.69 Å². The van der Waals surface area contributed by atoms with Gasteiger partial charge in [-0.25, -0.2) is 14.8 Å². The van der Waals surface area contributed by atoms with Crippen molar-refractivity contribution in [3.05, 3.63) is 97.8 Å². The number of aromatic carboxylic acids is 1. The lowest BCUT2D eigenvalue weighted by Crippen LogP contribution is -2.23. The molecule has 7 nitrogen and oxygen atoms in total. The molecule has 0 spiro atoms. The van der Waals surface area contributed by atoms with Crippen LogP contribution in [0.5, 0.6) is 0 Å². The standard InChI is InChI=1S/C28H24ClF3N4O3/c1-14-11-19(15(2)33-21-7-8-22(29)34-24(21)27(38)39)23-20(12-14)26(37)36-10-9-17(25(36)35-23)13-16-3-5-18(6-4-16)28(30,31)32/h3-8,11-12,15,17,33H,9-10,13H2,1-2H3,(H,38,39)/t15-,17?/m1/s1. The number of rotatable bonds is 6. The van der Waals surface area contributed by atoms with Gasteiger partial charge in [0.05, 0.1) is 28.2 Å². The van der Waals surface area contributed by atoms with Crippen LogP contribution < -0.4 is 10.9 Å². The molecule has 2 aromatic heterocycles. The van der Waals surface area contributed by atoms with Crippen molar-refractivity contribution in [2.75, 3.05) is 5.32 Å². The van der Waals surface area contributed by atoms with Gasteiger partial charge in [-0.1, -0.05) is 29.8 Å². The molecule has 0 radical (unpaired) electrons. The molecule has 39 heavy (non-hydrogen) atoms. The number of carboxylic acid groups (broad SMARTS) is 1. The summed E-state index contributed by atoms with van der Waals surface area (Å²) in [4.78, 5) is 34.0. The van der Waals surface area contributed by atoms with Gasteiger partial charge in [-0.3, -0.25) is 9.36 Å². The zero-order chi connectivity index (χ0) is 28.1. The highest BCUT2D eigenvalue weighted by Gasteiger charge is 2.31. The van der Waals surface area contributed by atoms with E-state index < -0.39 is 23.8 Å². The van der Waals surface area contributed by atoms with Crippen molar-refractivity contribution < 1.29 is 23.1 Å². The van der Waals surface area contributed by atoms with E-state index in [9.17, 15) is 27.9 Å². The van der Waals surface area contributed by atoms with E-state index in [2.05, 4.69) is 10.3 Å². The number of benzene rings is 2. The molecule has 2 aromatic carbocycles. The Kier molecular flexibility index (Phi) is 6.84. The SMILES string of the molecule is Cc1cc([C@@H](C)Nc2ccc(Cl)nc2C(=O)O)c2nc3n(c(=O)c2c1)CCC3Cc1ccc(C(F)(F)F)cc1. The topological polar surface area (TPSA) is 97.1 Å². The number of carboxylic acids is 1. The van der Waals surface area contributed by atoms with Gasteiger partial charge in [0.1, 0.15) is 11.0 Å². The molecule has 0 saturated heterocycles. The van der Waals surface area contributed by atoms with Gasteiger partial charge in [-0.15, -0.1) is 0 Å². The van der Waals surface area contributed by atoms with Crippen molar-refractivity contribution in [3.63, 3.8) is 0 Å². The van der Waals surface area contributed by atoms with Gasteiger partial charge >= 0.3 is 12.1 Å². The van der Waals surface area contributed by atoms with E-state index in [0.29, 0.717) is 41.7 Å². The predicted octanol–water partition coefficient (Wildman–Crippen LogP) is 6.37. The summed E-state index contributed by atoms with van der Waals surface area (Å²) >= 11 is 5.88. The number of aromatic nitrogens is 3. The maximum Gasteiger partial charge on any atom is 0.416 e. The number of nitrogens with one attached hydrogen (secondary N) is 1. The highest BCUT2D eigenvalue weighted by atomic mass is 35.5. The van der Waals surface area contributed by atoms with Gasteiger partial charge in [0.2, 0.25) is 0 Å². The zero-order valence-electron chi connectivity index (χ0n) is 21.0. The number of hydrogen-bond donors (Lipinski definition) is 2. The Morgan fingerprint density at radius 1 is 1.18 bits per heavy atom. The van der Waals surface area contributed by atoms with Gasteiger partial charge in [0.25, 0.3) is 5.56 Å². The smallest absolute Gasteiger partial charge is 0.416 e. The highest BCUT2D eigenvalue weighted by molar-refractivity contribution is 6.29. The lowest BCUT2D eigenvalue weighted by atomic mass is 9.96. The monoisotopic (exact) mass is 556 g/mol. The predicted molar refractivity (Wildman–Crippen MR) is 141 cm³/mol. The summed E-state index contributed by atoms with van der Waals surface area (Å²) in [5, 5.41) is 13.2. The number of pyridine rings is 1. The van der Waals surface area contributed by atoms with Crippen LogP contribution in [0.2, 0.25) is 5.15 Å². The molecule has 0 bridgehead atoms. The van der Waals surface area contributed by atoms with E-state index in [0.717, 1.165) is 23.3 Å². The minimum absolute atomic E-state index is 0.0518. The van der Waals surface area contributed by atoms with Crippen LogP contribution in [0.25, 0.3) is 10.9 Å². The summed E-state index contributed by atoms with van der Waals surface area (Å²) in [7, 11) is 0. The van der Waals surface area contributed by atoms with E-state index in [1.54, 1.807) is 10.6 Å². The van der Waals surface area contributed by atoms with Crippen molar-refractivity contribution in [2.24, 2.45) is 0 Å². The first-order valence-corrected chi connectivity index (χ1v) is 12.7. The number of halogens is 4. The van der Waals surface area contributed by atoms with Gasteiger partial charge < -0.3 is 10.4 Å². The average molecular weight is 557 g/mol. The first kappa shape index (κ1) is 26.7. The number of aryl methyl sites for hydroxylation is 1. The Balaban J connectivity index is 1.52. The van der Waals surface area contributed by atoms with Crippen LogP contribution in [0.3, 0.4) is 0 Å². The largest absolute Gasteiger partial charge is 0.476 e. The first-order valence-electron chi connectivity index (χ1n) is 12.3. The van der Waals surface area contributed by atoms with E-state index >= 15 is 0 Å². The van der Waals surface area contributed by atoms with Crippen LogP contribution in [-0.4, -0.2) is 25.6 Å². The zero-order valence-corrected chi connectivity index (χ0v) is 21.8. The number of carbonyl (C=O) groups is 1. The molecule has 2 N–H and O–H groups in total. The Morgan fingerprint density at radius 3 is 2.56 bits per heavy atom. The molecule has 0 amide bonds. The Bertz CT molecular complexity index is 1650. The second-order valence-corrected chi connectivity index (χ2v) is 10.2. The van der Waals surface area contributed by atoms with Crippen molar-refractivity contribution in [2.45, 2.75) is 51.4 Å². The van der Waals surface area contributed by atoms with Crippen LogP contribution in [0.4, 0.5) is 18.9 Å². The van der Waals surface area contributed by atoms with Crippen LogP contribution in [0.1, 0.15) is 63.9 Å². The third-order valence-electron chi connectivity index (χ3n) is 6.99.